The van der Waals surface area contributed by atoms with Crippen LogP contribution in [-0.2, 0) is 0 Å². The Morgan fingerprint density at radius 2 is 1.07 bits per heavy atom. The van der Waals surface area contributed by atoms with Gasteiger partial charge in [-0.25, -0.2) is 32.4 Å². The second-order valence-electron chi connectivity index (χ2n) is 6.48. The molecule has 2 aromatic carbocycles. The van der Waals surface area contributed by atoms with Crippen molar-refractivity contribution in [3.05, 3.63) is 70.8 Å². The number of urea groups is 1. The van der Waals surface area contributed by atoms with Crippen molar-refractivity contribution in [2.75, 3.05) is 0 Å². The standard InChI is InChI=1S/C19H14F4N4O/c20-13-5-11(6-14(21)9-13)17-1-3-24-26(17)19(28)27-18(2-4-25-27)12-7-15(22)10-16(23)8-12/h3-10,17-18H,1-2H2/t17-,18-/m1/s1. The predicted octanol–water partition coefficient (Wildman–Crippen LogP) is 4.53. The molecule has 4 rings (SSSR count). The Morgan fingerprint density at radius 1 is 0.714 bits per heavy atom. The molecule has 144 valence electrons. The molecule has 0 saturated heterocycles. The zero-order valence-corrected chi connectivity index (χ0v) is 14.4. The summed E-state index contributed by atoms with van der Waals surface area (Å²) in [4.78, 5) is 13.0. The third-order valence-corrected chi connectivity index (χ3v) is 4.59. The minimum atomic E-state index is -0.762. The van der Waals surface area contributed by atoms with E-state index in [9.17, 15) is 22.4 Å². The third kappa shape index (κ3) is 3.35. The molecule has 0 radical (unpaired) electrons. The largest absolute Gasteiger partial charge is 0.361 e. The van der Waals surface area contributed by atoms with Crippen molar-refractivity contribution in [2.24, 2.45) is 10.2 Å². The zero-order valence-electron chi connectivity index (χ0n) is 14.4. The molecule has 0 N–H and O–H groups in total. The average molecular weight is 390 g/mol. The number of nitrogens with zero attached hydrogens (tertiary/aromatic N) is 4. The van der Waals surface area contributed by atoms with Gasteiger partial charge < -0.3 is 0 Å². The van der Waals surface area contributed by atoms with Gasteiger partial charge in [-0.15, -0.1) is 0 Å². The molecule has 0 spiro atoms. The lowest BCUT2D eigenvalue weighted by Gasteiger charge is -2.29. The molecule has 0 fully saturated rings. The van der Waals surface area contributed by atoms with Gasteiger partial charge in [-0.2, -0.15) is 10.2 Å². The van der Waals surface area contributed by atoms with Crippen LogP contribution in [0.3, 0.4) is 0 Å². The van der Waals surface area contributed by atoms with Crippen molar-refractivity contribution in [1.29, 1.82) is 0 Å². The summed E-state index contributed by atoms with van der Waals surface area (Å²) in [5.74, 6) is -3.05. The molecule has 2 heterocycles. The minimum absolute atomic E-state index is 0.250. The normalized spacial score (nSPS) is 21.0. The highest BCUT2D eigenvalue weighted by Gasteiger charge is 2.37. The molecule has 28 heavy (non-hydrogen) atoms. The SMILES string of the molecule is O=C(N1N=CC[C@@H]1c1cc(F)cc(F)c1)N1N=CC[C@@H]1c1cc(F)cc(F)c1. The van der Waals surface area contributed by atoms with Crippen LogP contribution in [0.2, 0.25) is 0 Å². The molecule has 0 aromatic heterocycles. The van der Waals surface area contributed by atoms with E-state index in [4.69, 9.17) is 0 Å². The molecule has 0 bridgehead atoms. The summed E-state index contributed by atoms with van der Waals surface area (Å²) in [6, 6.07) is 3.94. The van der Waals surface area contributed by atoms with Gasteiger partial charge >= 0.3 is 6.03 Å². The van der Waals surface area contributed by atoms with Crippen LogP contribution >= 0.6 is 0 Å². The number of amides is 2. The number of carbonyl (C=O) groups excluding carboxylic acids is 1. The highest BCUT2D eigenvalue weighted by molar-refractivity contribution is 5.81. The number of rotatable bonds is 2. The van der Waals surface area contributed by atoms with E-state index >= 15 is 0 Å². The van der Waals surface area contributed by atoms with Crippen LogP contribution in [0.1, 0.15) is 36.1 Å². The van der Waals surface area contributed by atoms with E-state index in [0.29, 0.717) is 0 Å². The first kappa shape index (κ1) is 18.1. The van der Waals surface area contributed by atoms with E-state index in [1.54, 1.807) is 0 Å². The Bertz CT molecular complexity index is 876. The Labute approximate surface area is 157 Å². The highest BCUT2D eigenvalue weighted by Crippen LogP contribution is 2.35. The van der Waals surface area contributed by atoms with Crippen molar-refractivity contribution in [1.82, 2.24) is 10.0 Å². The molecular weight excluding hydrogens is 376 g/mol. The van der Waals surface area contributed by atoms with Gasteiger partial charge in [-0.05, 0) is 35.4 Å². The summed E-state index contributed by atoms with van der Waals surface area (Å²) in [6.45, 7) is 0. The molecule has 2 aromatic rings. The summed E-state index contributed by atoms with van der Waals surface area (Å²) < 4.78 is 54.3. The van der Waals surface area contributed by atoms with Crippen LogP contribution in [0.25, 0.3) is 0 Å². The van der Waals surface area contributed by atoms with Gasteiger partial charge in [0.2, 0.25) is 0 Å². The fourth-order valence-corrected chi connectivity index (χ4v) is 3.39. The number of hydrazone groups is 2. The lowest BCUT2D eigenvalue weighted by atomic mass is 10.0. The average Bonchev–Trinajstić information content (AvgIpc) is 3.29. The fourth-order valence-electron chi connectivity index (χ4n) is 3.39. The van der Waals surface area contributed by atoms with Crippen molar-refractivity contribution < 1.29 is 22.4 Å². The number of halogens is 4. The molecule has 0 saturated carbocycles. The molecule has 0 unspecified atom stereocenters. The van der Waals surface area contributed by atoms with Crippen LogP contribution < -0.4 is 0 Å². The van der Waals surface area contributed by atoms with Gasteiger partial charge in [-0.1, -0.05) is 0 Å². The molecule has 0 aliphatic carbocycles. The lowest BCUT2D eigenvalue weighted by molar-refractivity contribution is 0.131. The molecule has 2 aliphatic rings. The van der Waals surface area contributed by atoms with Crippen molar-refractivity contribution in [2.45, 2.75) is 24.9 Å². The van der Waals surface area contributed by atoms with Gasteiger partial charge in [0.1, 0.15) is 23.3 Å². The smallest absolute Gasteiger partial charge is 0.244 e. The highest BCUT2D eigenvalue weighted by atomic mass is 19.1. The first-order valence-corrected chi connectivity index (χ1v) is 8.51. The second-order valence-corrected chi connectivity index (χ2v) is 6.48. The summed E-state index contributed by atoms with van der Waals surface area (Å²) in [7, 11) is 0. The molecule has 2 atom stereocenters. The van der Waals surface area contributed by atoms with E-state index in [-0.39, 0.29) is 24.0 Å². The summed E-state index contributed by atoms with van der Waals surface area (Å²) >= 11 is 0. The van der Waals surface area contributed by atoms with Crippen LogP contribution in [-0.4, -0.2) is 28.5 Å². The van der Waals surface area contributed by atoms with Crippen LogP contribution in [0.4, 0.5) is 22.4 Å². The number of benzene rings is 2. The Hall–Kier alpha value is -3.23. The van der Waals surface area contributed by atoms with Gasteiger partial charge in [0.25, 0.3) is 0 Å². The first-order chi connectivity index (χ1) is 13.4. The maximum absolute atomic E-state index is 13.6. The van der Waals surface area contributed by atoms with Gasteiger partial charge in [0.15, 0.2) is 0 Å². The van der Waals surface area contributed by atoms with Gasteiger partial charge in [0, 0.05) is 37.4 Å². The number of carbonyl (C=O) groups is 1. The second kappa shape index (κ2) is 7.06. The number of hydrogen-bond acceptors (Lipinski definition) is 3. The fraction of sp³-hybridized carbons (Fsp3) is 0.211. The molecular formula is C19H14F4N4O. The topological polar surface area (TPSA) is 48.3 Å². The third-order valence-electron chi connectivity index (χ3n) is 4.59. The monoisotopic (exact) mass is 390 g/mol. The molecule has 2 aliphatic heterocycles. The van der Waals surface area contributed by atoms with Crippen molar-refractivity contribution in [3.63, 3.8) is 0 Å². The summed E-state index contributed by atoms with van der Waals surface area (Å²) in [5, 5.41) is 10.2. The maximum atomic E-state index is 13.6. The van der Waals surface area contributed by atoms with Crippen LogP contribution in [0, 0.1) is 23.3 Å². The molecule has 2 amide bonds. The Morgan fingerprint density at radius 3 is 1.43 bits per heavy atom. The maximum Gasteiger partial charge on any atom is 0.361 e. The van der Waals surface area contributed by atoms with Crippen LogP contribution in [0.15, 0.2) is 46.6 Å². The van der Waals surface area contributed by atoms with Crippen molar-refractivity contribution >= 4 is 18.5 Å². The first-order valence-electron chi connectivity index (χ1n) is 8.51. The summed E-state index contributed by atoms with van der Waals surface area (Å²) in [6.07, 6.45) is 3.46. The molecule has 9 heteroatoms. The quantitative estimate of drug-likeness (QED) is 0.695. The molecule has 5 nitrogen and oxygen atoms in total. The van der Waals surface area contributed by atoms with Crippen molar-refractivity contribution in [3.8, 4) is 0 Å². The lowest BCUT2D eigenvalue weighted by Crippen LogP contribution is -2.38. The predicted molar refractivity (Wildman–Crippen MR) is 93.5 cm³/mol. The Balaban J connectivity index is 1.62. The van der Waals surface area contributed by atoms with Gasteiger partial charge in [0.05, 0.1) is 12.1 Å². The van der Waals surface area contributed by atoms with E-state index in [0.717, 1.165) is 46.4 Å². The summed E-state index contributed by atoms with van der Waals surface area (Å²) in [5.41, 5.74) is 0.500. The minimum Gasteiger partial charge on any atom is -0.244 e. The van der Waals surface area contributed by atoms with E-state index < -0.39 is 41.4 Å². The van der Waals surface area contributed by atoms with Crippen LogP contribution in [0.5, 0.6) is 0 Å². The van der Waals surface area contributed by atoms with E-state index in [2.05, 4.69) is 10.2 Å². The van der Waals surface area contributed by atoms with Gasteiger partial charge in [-0.3, -0.25) is 0 Å². The van der Waals surface area contributed by atoms with E-state index in [1.165, 1.54) is 12.4 Å². The zero-order chi connectivity index (χ0) is 19.8. The van der Waals surface area contributed by atoms with E-state index in [1.807, 2.05) is 0 Å². The Kier molecular flexibility index (Phi) is 4.58. The number of hydrogen-bond donors (Lipinski definition) is 0.